The van der Waals surface area contributed by atoms with Crippen LogP contribution in [0.5, 0.6) is 0 Å². The van der Waals surface area contributed by atoms with E-state index in [4.69, 9.17) is 4.74 Å². The Labute approximate surface area is 191 Å². The number of rotatable bonds is 5. The van der Waals surface area contributed by atoms with Gasteiger partial charge in [-0.1, -0.05) is 19.1 Å². The first-order chi connectivity index (χ1) is 15.3. The van der Waals surface area contributed by atoms with Crippen LogP contribution in [0.25, 0.3) is 0 Å². The number of anilines is 1. The van der Waals surface area contributed by atoms with Gasteiger partial charge in [0.2, 0.25) is 5.91 Å². The smallest absolute Gasteiger partial charge is 0.341 e. The standard InChI is InChI=1S/C22H25N3O5S2/c1-3-15-12-17(22(27)30-4-2)21(31-15)23-20(26)14-8-7-11-25(13-14)19-16-9-5-6-10-18(16)32(28,29)24-19/h5-6,9-10,12,14H,3-4,7-8,11,13H2,1-2H3,(H,23,26). The number of esters is 1. The second kappa shape index (κ2) is 9.03. The highest BCUT2D eigenvalue weighted by molar-refractivity contribution is 7.90. The van der Waals surface area contributed by atoms with Gasteiger partial charge in [0.05, 0.1) is 18.1 Å². The lowest BCUT2D eigenvalue weighted by molar-refractivity contribution is -0.121. The highest BCUT2D eigenvalue weighted by atomic mass is 32.2. The topological polar surface area (TPSA) is 105 Å². The molecule has 2 aliphatic heterocycles. The van der Waals surface area contributed by atoms with Crippen molar-refractivity contribution in [1.82, 2.24) is 4.90 Å². The number of hydrogen-bond acceptors (Lipinski definition) is 7. The van der Waals surface area contributed by atoms with Crippen molar-refractivity contribution in [3.05, 3.63) is 46.3 Å². The Balaban J connectivity index is 1.52. The summed E-state index contributed by atoms with van der Waals surface area (Å²) in [4.78, 5) is 28.5. The Kier molecular flexibility index (Phi) is 6.34. The van der Waals surface area contributed by atoms with Crippen LogP contribution in [0.2, 0.25) is 0 Å². The molecule has 170 valence electrons. The number of carbonyl (C=O) groups is 2. The predicted octanol–water partition coefficient (Wildman–Crippen LogP) is 3.29. The fourth-order valence-electron chi connectivity index (χ4n) is 3.98. The van der Waals surface area contributed by atoms with Crippen LogP contribution in [-0.4, -0.2) is 50.7 Å². The number of hydrogen-bond donors (Lipinski definition) is 1. The molecule has 1 fully saturated rings. The Morgan fingerprint density at radius 1 is 1.28 bits per heavy atom. The monoisotopic (exact) mass is 475 g/mol. The van der Waals surface area contributed by atoms with Crippen LogP contribution in [0.15, 0.2) is 39.6 Å². The second-order valence-corrected chi connectivity index (χ2v) is 10.4. The lowest BCUT2D eigenvalue weighted by Crippen LogP contribution is -2.43. The molecule has 0 radical (unpaired) electrons. The third-order valence-corrected chi connectivity index (χ3v) is 8.09. The minimum Gasteiger partial charge on any atom is -0.462 e. The summed E-state index contributed by atoms with van der Waals surface area (Å²) >= 11 is 1.37. The van der Waals surface area contributed by atoms with Crippen molar-refractivity contribution in [3.63, 3.8) is 0 Å². The van der Waals surface area contributed by atoms with Gasteiger partial charge in [-0.3, -0.25) is 4.79 Å². The summed E-state index contributed by atoms with van der Waals surface area (Å²) in [5.41, 5.74) is 0.943. The summed E-state index contributed by atoms with van der Waals surface area (Å²) in [5, 5.41) is 3.41. The molecule has 4 rings (SSSR count). The quantitative estimate of drug-likeness (QED) is 0.666. The molecular formula is C22H25N3O5S2. The van der Waals surface area contributed by atoms with Crippen LogP contribution >= 0.6 is 11.3 Å². The zero-order valence-corrected chi connectivity index (χ0v) is 19.6. The first kappa shape index (κ1) is 22.5. The molecule has 8 nitrogen and oxygen atoms in total. The maximum Gasteiger partial charge on any atom is 0.341 e. The van der Waals surface area contributed by atoms with Crippen molar-refractivity contribution in [2.75, 3.05) is 25.0 Å². The first-order valence-electron chi connectivity index (χ1n) is 10.6. The molecule has 0 aliphatic carbocycles. The van der Waals surface area contributed by atoms with Crippen molar-refractivity contribution in [2.24, 2.45) is 10.3 Å². The molecule has 0 spiro atoms. The minimum absolute atomic E-state index is 0.195. The van der Waals surface area contributed by atoms with E-state index in [1.165, 1.54) is 11.3 Å². The zero-order chi connectivity index (χ0) is 22.9. The lowest BCUT2D eigenvalue weighted by atomic mass is 9.96. The number of likely N-dealkylation sites (tertiary alicyclic amines) is 1. The van der Waals surface area contributed by atoms with Gasteiger partial charge >= 0.3 is 5.97 Å². The third kappa shape index (κ3) is 4.29. The van der Waals surface area contributed by atoms with E-state index >= 15 is 0 Å². The van der Waals surface area contributed by atoms with Crippen molar-refractivity contribution in [3.8, 4) is 0 Å². The highest BCUT2D eigenvalue weighted by Crippen LogP contribution is 2.32. The Hall–Kier alpha value is -2.72. The number of thiophene rings is 1. The number of amidine groups is 1. The average molecular weight is 476 g/mol. The number of benzene rings is 1. The predicted molar refractivity (Wildman–Crippen MR) is 123 cm³/mol. The molecule has 1 N–H and O–H groups in total. The zero-order valence-electron chi connectivity index (χ0n) is 18.0. The van der Waals surface area contributed by atoms with Gasteiger partial charge in [0.15, 0.2) is 5.84 Å². The number of nitrogens with one attached hydrogen (secondary N) is 1. The number of ether oxygens (including phenoxy) is 1. The van der Waals surface area contributed by atoms with Crippen LogP contribution in [0.3, 0.4) is 0 Å². The molecule has 3 heterocycles. The number of piperidine rings is 1. The van der Waals surface area contributed by atoms with Crippen LogP contribution < -0.4 is 5.32 Å². The molecule has 2 aliphatic rings. The van der Waals surface area contributed by atoms with E-state index < -0.39 is 16.0 Å². The molecule has 10 heteroatoms. The van der Waals surface area contributed by atoms with Gasteiger partial charge < -0.3 is 15.0 Å². The van der Waals surface area contributed by atoms with E-state index in [0.717, 1.165) is 17.7 Å². The van der Waals surface area contributed by atoms with Crippen LogP contribution in [-0.2, 0) is 26.0 Å². The van der Waals surface area contributed by atoms with Gasteiger partial charge in [0.1, 0.15) is 9.90 Å². The minimum atomic E-state index is -3.72. The van der Waals surface area contributed by atoms with Crippen LogP contribution in [0.1, 0.15) is 47.5 Å². The molecule has 1 aromatic carbocycles. The van der Waals surface area contributed by atoms with Gasteiger partial charge in [-0.25, -0.2) is 4.79 Å². The summed E-state index contributed by atoms with van der Waals surface area (Å²) in [6.45, 7) is 4.96. The Morgan fingerprint density at radius 2 is 2.06 bits per heavy atom. The molecule has 32 heavy (non-hydrogen) atoms. The van der Waals surface area contributed by atoms with E-state index in [1.54, 1.807) is 37.3 Å². The fraction of sp³-hybridized carbons (Fsp3) is 0.409. The van der Waals surface area contributed by atoms with E-state index in [-0.39, 0.29) is 23.3 Å². The first-order valence-corrected chi connectivity index (χ1v) is 12.9. The number of nitrogens with zero attached hydrogens (tertiary/aromatic N) is 2. The SMILES string of the molecule is CCOC(=O)c1cc(CC)sc1NC(=O)C1CCCN(C2=NS(=O)(=O)c3ccccc32)C1. The number of carbonyl (C=O) groups excluding carboxylic acids is 2. The number of amides is 1. The van der Waals surface area contributed by atoms with Gasteiger partial charge in [0.25, 0.3) is 10.0 Å². The Morgan fingerprint density at radius 3 is 2.81 bits per heavy atom. The van der Waals surface area contributed by atoms with Crippen molar-refractivity contribution in [2.45, 2.75) is 38.0 Å². The molecule has 1 unspecified atom stereocenters. The summed E-state index contributed by atoms with van der Waals surface area (Å²) in [5.74, 6) is -0.607. The molecule has 1 saturated heterocycles. The molecule has 1 amide bonds. The number of fused-ring (bicyclic) bond motifs is 1. The van der Waals surface area contributed by atoms with E-state index in [0.29, 0.717) is 41.5 Å². The van der Waals surface area contributed by atoms with Gasteiger partial charge in [0, 0.05) is 23.5 Å². The molecule has 0 bridgehead atoms. The summed E-state index contributed by atoms with van der Waals surface area (Å²) in [7, 11) is -3.72. The molecule has 0 saturated carbocycles. The molecular weight excluding hydrogens is 450 g/mol. The summed E-state index contributed by atoms with van der Waals surface area (Å²) in [6, 6.07) is 8.51. The van der Waals surface area contributed by atoms with Crippen molar-refractivity contribution < 1.29 is 22.7 Å². The normalized spacial score (nSPS) is 19.2. The molecule has 1 aromatic heterocycles. The Bertz CT molecular complexity index is 1190. The van der Waals surface area contributed by atoms with Gasteiger partial charge in [-0.2, -0.15) is 8.42 Å². The van der Waals surface area contributed by atoms with Crippen LogP contribution in [0, 0.1) is 5.92 Å². The third-order valence-electron chi connectivity index (χ3n) is 5.57. The highest BCUT2D eigenvalue weighted by Gasteiger charge is 2.35. The maximum absolute atomic E-state index is 13.1. The molecule has 2 aromatic rings. The molecule has 1 atom stereocenters. The van der Waals surface area contributed by atoms with Crippen LogP contribution in [0.4, 0.5) is 5.00 Å². The number of aryl methyl sites for hydroxylation is 1. The fourth-order valence-corrected chi connectivity index (χ4v) is 6.20. The maximum atomic E-state index is 13.1. The average Bonchev–Trinajstić information content (AvgIpc) is 3.32. The summed E-state index contributed by atoms with van der Waals surface area (Å²) < 4.78 is 33.9. The van der Waals surface area contributed by atoms with E-state index in [1.807, 2.05) is 11.8 Å². The lowest BCUT2D eigenvalue weighted by Gasteiger charge is -2.33. The van der Waals surface area contributed by atoms with Crippen molar-refractivity contribution in [1.29, 1.82) is 0 Å². The van der Waals surface area contributed by atoms with Gasteiger partial charge in [-0.15, -0.1) is 15.7 Å². The van der Waals surface area contributed by atoms with E-state index in [9.17, 15) is 18.0 Å². The second-order valence-electron chi connectivity index (χ2n) is 7.69. The number of sulfonamides is 1. The largest absolute Gasteiger partial charge is 0.462 e. The van der Waals surface area contributed by atoms with Gasteiger partial charge in [-0.05, 0) is 44.4 Å². The van der Waals surface area contributed by atoms with E-state index in [2.05, 4.69) is 9.71 Å². The van der Waals surface area contributed by atoms with Crippen molar-refractivity contribution >= 4 is 44.1 Å². The summed E-state index contributed by atoms with van der Waals surface area (Å²) in [6.07, 6.45) is 2.15.